The van der Waals surface area contributed by atoms with Crippen molar-refractivity contribution in [2.75, 3.05) is 5.32 Å². The Bertz CT molecular complexity index is 916. The smallest absolute Gasteiger partial charge is 0.257 e. The van der Waals surface area contributed by atoms with Crippen LogP contribution in [0.15, 0.2) is 54.7 Å². The lowest BCUT2D eigenvalue weighted by atomic mass is 10.1. The summed E-state index contributed by atoms with van der Waals surface area (Å²) in [4.78, 5) is 20.8. The normalized spacial score (nSPS) is 10.5. The van der Waals surface area contributed by atoms with Crippen LogP contribution in [0.2, 0.25) is 5.02 Å². The highest BCUT2D eigenvalue weighted by Crippen LogP contribution is 2.29. The summed E-state index contributed by atoms with van der Waals surface area (Å²) in [6.45, 7) is 1.02. The number of hydrogen-bond acceptors (Lipinski definition) is 3. The van der Waals surface area contributed by atoms with Gasteiger partial charge in [-0.25, -0.2) is 4.39 Å². The van der Waals surface area contributed by atoms with E-state index >= 15 is 0 Å². The highest BCUT2D eigenvalue weighted by molar-refractivity contribution is 6.33. The highest BCUT2D eigenvalue weighted by Gasteiger charge is 2.13. The molecule has 0 aliphatic heterocycles. The Hall–Kier alpha value is -2.79. The van der Waals surface area contributed by atoms with Gasteiger partial charge in [-0.2, -0.15) is 0 Å². The summed E-state index contributed by atoms with van der Waals surface area (Å²) in [5, 5.41) is 3.36. The number of carbonyl (C=O) groups excluding carboxylic acids is 1. The first-order valence-corrected chi connectivity index (χ1v) is 8.01. The average molecular weight is 356 g/mol. The number of nitrogens with zero attached hydrogens (tertiary/aromatic N) is 2. The Labute approximate surface area is 149 Å². The molecule has 0 saturated heterocycles. The second-order valence-electron chi connectivity index (χ2n) is 5.43. The number of pyridine rings is 2. The maximum absolute atomic E-state index is 12.6. The predicted octanol–water partition coefficient (Wildman–Crippen LogP) is 4.83. The van der Waals surface area contributed by atoms with Crippen molar-refractivity contribution in [2.24, 2.45) is 0 Å². The quantitative estimate of drug-likeness (QED) is 0.729. The van der Waals surface area contributed by atoms with E-state index in [0.717, 1.165) is 5.56 Å². The van der Waals surface area contributed by atoms with Gasteiger partial charge in [0.2, 0.25) is 0 Å². The molecule has 3 rings (SSSR count). The molecule has 1 aromatic carbocycles. The number of amides is 1. The third-order valence-corrected chi connectivity index (χ3v) is 4.02. The van der Waals surface area contributed by atoms with Crippen molar-refractivity contribution in [1.82, 2.24) is 9.97 Å². The zero-order chi connectivity index (χ0) is 17.8. The molecule has 1 N–H and O–H groups in total. The SMILES string of the molecule is Cc1nc(CF)ccc1C(=O)Nc1ccc(Cl)c(-c2ccccn2)c1. The number of hydrogen-bond donors (Lipinski definition) is 1. The van der Waals surface area contributed by atoms with Gasteiger partial charge in [0.1, 0.15) is 6.67 Å². The van der Waals surface area contributed by atoms with Crippen LogP contribution in [0.5, 0.6) is 0 Å². The van der Waals surface area contributed by atoms with E-state index < -0.39 is 6.67 Å². The first-order valence-electron chi connectivity index (χ1n) is 7.63. The van der Waals surface area contributed by atoms with Crippen LogP contribution in [-0.4, -0.2) is 15.9 Å². The van der Waals surface area contributed by atoms with E-state index in [0.29, 0.717) is 33.4 Å². The molecule has 0 aliphatic rings. The van der Waals surface area contributed by atoms with Crippen LogP contribution in [0, 0.1) is 6.92 Å². The molecule has 0 bridgehead atoms. The minimum absolute atomic E-state index is 0.304. The van der Waals surface area contributed by atoms with E-state index in [1.807, 2.05) is 18.2 Å². The lowest BCUT2D eigenvalue weighted by Crippen LogP contribution is -2.14. The number of carbonyl (C=O) groups is 1. The summed E-state index contributed by atoms with van der Waals surface area (Å²) in [5.74, 6) is -0.315. The molecule has 0 fully saturated rings. The summed E-state index contributed by atoms with van der Waals surface area (Å²) in [7, 11) is 0. The maximum atomic E-state index is 12.6. The predicted molar refractivity (Wildman–Crippen MR) is 96.4 cm³/mol. The second-order valence-corrected chi connectivity index (χ2v) is 5.84. The van der Waals surface area contributed by atoms with Gasteiger partial charge < -0.3 is 5.32 Å². The molecule has 1 amide bonds. The Morgan fingerprint density at radius 3 is 2.72 bits per heavy atom. The third kappa shape index (κ3) is 3.83. The van der Waals surface area contributed by atoms with Crippen molar-refractivity contribution in [3.8, 4) is 11.3 Å². The van der Waals surface area contributed by atoms with Crippen LogP contribution in [0.1, 0.15) is 21.7 Å². The number of aryl methyl sites for hydroxylation is 1. The van der Waals surface area contributed by atoms with Gasteiger partial charge in [0.25, 0.3) is 5.91 Å². The molecule has 6 heteroatoms. The molecule has 3 aromatic rings. The van der Waals surface area contributed by atoms with Gasteiger partial charge in [-0.3, -0.25) is 14.8 Å². The van der Waals surface area contributed by atoms with Gasteiger partial charge in [0, 0.05) is 17.4 Å². The molecule has 126 valence electrons. The second kappa shape index (κ2) is 7.40. The standard InChI is InChI=1S/C19H15ClFN3O/c1-12-15(7-5-14(11-21)23-12)19(25)24-13-6-8-17(20)16(10-13)18-4-2-3-9-22-18/h2-10H,11H2,1H3,(H,24,25). The van der Waals surface area contributed by atoms with Crippen molar-refractivity contribution in [2.45, 2.75) is 13.6 Å². The summed E-state index contributed by atoms with van der Waals surface area (Å²) in [5.41, 5.74) is 3.21. The minimum Gasteiger partial charge on any atom is -0.322 e. The number of nitrogens with one attached hydrogen (secondary N) is 1. The van der Waals surface area contributed by atoms with E-state index in [4.69, 9.17) is 11.6 Å². The van der Waals surface area contributed by atoms with E-state index in [9.17, 15) is 9.18 Å². The molecule has 0 saturated carbocycles. The fraction of sp³-hybridized carbons (Fsp3) is 0.105. The van der Waals surface area contributed by atoms with E-state index in [1.165, 1.54) is 6.07 Å². The number of benzene rings is 1. The lowest BCUT2D eigenvalue weighted by Gasteiger charge is -2.10. The van der Waals surface area contributed by atoms with Crippen LogP contribution in [0.4, 0.5) is 10.1 Å². The molecule has 0 aliphatic carbocycles. The topological polar surface area (TPSA) is 54.9 Å². The Morgan fingerprint density at radius 2 is 2.04 bits per heavy atom. The summed E-state index contributed by atoms with van der Waals surface area (Å²) in [6.07, 6.45) is 1.68. The first-order chi connectivity index (χ1) is 12.1. The van der Waals surface area contributed by atoms with E-state index in [2.05, 4.69) is 15.3 Å². The van der Waals surface area contributed by atoms with Crippen LogP contribution in [0.3, 0.4) is 0 Å². The highest BCUT2D eigenvalue weighted by atomic mass is 35.5. The number of alkyl halides is 1. The molecule has 25 heavy (non-hydrogen) atoms. The molecule has 0 unspecified atom stereocenters. The molecule has 2 aromatic heterocycles. The van der Waals surface area contributed by atoms with Gasteiger partial charge in [0.05, 0.1) is 27.7 Å². The third-order valence-electron chi connectivity index (χ3n) is 3.69. The van der Waals surface area contributed by atoms with E-state index in [1.54, 1.807) is 37.4 Å². The molecular weight excluding hydrogens is 341 g/mol. The molecule has 2 heterocycles. The molecular formula is C19H15ClFN3O. The van der Waals surface area contributed by atoms with Crippen LogP contribution in [-0.2, 0) is 6.67 Å². The summed E-state index contributed by atoms with van der Waals surface area (Å²) >= 11 is 6.24. The average Bonchev–Trinajstić information content (AvgIpc) is 2.63. The Morgan fingerprint density at radius 1 is 1.20 bits per heavy atom. The number of halogens is 2. The zero-order valence-corrected chi connectivity index (χ0v) is 14.2. The van der Waals surface area contributed by atoms with Crippen LogP contribution >= 0.6 is 11.6 Å². The van der Waals surface area contributed by atoms with Crippen molar-refractivity contribution >= 4 is 23.2 Å². The summed E-state index contributed by atoms with van der Waals surface area (Å²) in [6, 6.07) is 13.8. The zero-order valence-electron chi connectivity index (χ0n) is 13.5. The fourth-order valence-electron chi connectivity index (χ4n) is 2.45. The van der Waals surface area contributed by atoms with Crippen molar-refractivity contribution in [3.63, 3.8) is 0 Å². The van der Waals surface area contributed by atoms with Crippen LogP contribution < -0.4 is 5.32 Å². The van der Waals surface area contributed by atoms with E-state index in [-0.39, 0.29) is 5.91 Å². The van der Waals surface area contributed by atoms with Gasteiger partial charge >= 0.3 is 0 Å². The summed E-state index contributed by atoms with van der Waals surface area (Å²) < 4.78 is 12.6. The molecule has 0 spiro atoms. The van der Waals surface area contributed by atoms with Crippen molar-refractivity contribution < 1.29 is 9.18 Å². The monoisotopic (exact) mass is 355 g/mol. The molecule has 0 radical (unpaired) electrons. The van der Waals surface area contributed by atoms with Gasteiger partial charge in [0.15, 0.2) is 0 Å². The molecule has 0 atom stereocenters. The van der Waals surface area contributed by atoms with Gasteiger partial charge in [-0.05, 0) is 49.4 Å². The van der Waals surface area contributed by atoms with Gasteiger partial charge in [-0.1, -0.05) is 17.7 Å². The number of rotatable bonds is 4. The fourth-order valence-corrected chi connectivity index (χ4v) is 2.66. The number of aromatic nitrogens is 2. The maximum Gasteiger partial charge on any atom is 0.257 e. The van der Waals surface area contributed by atoms with Crippen LogP contribution in [0.25, 0.3) is 11.3 Å². The van der Waals surface area contributed by atoms with Crippen molar-refractivity contribution in [1.29, 1.82) is 0 Å². The Kier molecular flexibility index (Phi) is 5.05. The van der Waals surface area contributed by atoms with Gasteiger partial charge in [-0.15, -0.1) is 0 Å². The minimum atomic E-state index is -0.659. The molecule has 4 nitrogen and oxygen atoms in total. The Balaban J connectivity index is 1.87. The lowest BCUT2D eigenvalue weighted by molar-refractivity contribution is 0.102. The van der Waals surface area contributed by atoms with Crippen molar-refractivity contribution in [3.05, 3.63) is 76.7 Å². The largest absolute Gasteiger partial charge is 0.322 e. The number of anilines is 1. The first kappa shape index (κ1) is 17.0.